The largest absolute Gasteiger partial charge is 0.207 e. The van der Waals surface area contributed by atoms with Crippen LogP contribution in [0, 0.1) is 25.5 Å². The maximum Gasteiger partial charge on any atom is 0.129 e. The van der Waals surface area contributed by atoms with E-state index in [0.29, 0.717) is 6.42 Å². The van der Waals surface area contributed by atoms with Crippen molar-refractivity contribution in [1.82, 2.24) is 0 Å². The van der Waals surface area contributed by atoms with Crippen LogP contribution in [0.4, 0.5) is 8.78 Å². The third-order valence-corrected chi connectivity index (χ3v) is 2.63. The first-order valence-corrected chi connectivity index (χ1v) is 7.42. The Morgan fingerprint density at radius 2 is 1.05 bits per heavy atom. The van der Waals surface area contributed by atoms with E-state index in [2.05, 4.69) is 52.0 Å². The molecule has 0 fully saturated rings. The van der Waals surface area contributed by atoms with Crippen LogP contribution in [0.25, 0.3) is 0 Å². The molecule has 0 aromatic heterocycles. The van der Waals surface area contributed by atoms with Crippen molar-refractivity contribution >= 4 is 0 Å². The van der Waals surface area contributed by atoms with Gasteiger partial charge in [-0.2, -0.15) is 0 Å². The van der Waals surface area contributed by atoms with Crippen LogP contribution in [-0.4, -0.2) is 0 Å². The molecule has 2 heteroatoms. The molecule has 0 radical (unpaired) electrons. The van der Waals surface area contributed by atoms with Gasteiger partial charge < -0.3 is 0 Å². The van der Waals surface area contributed by atoms with Crippen LogP contribution in [0.1, 0.15) is 43.9 Å². The number of halogens is 2. The van der Waals surface area contributed by atoms with Crippen LogP contribution in [-0.2, 0) is 6.42 Å². The van der Waals surface area contributed by atoms with Crippen LogP contribution >= 0.6 is 0 Å². The minimum absolute atomic E-state index is 0.169. The quantitative estimate of drug-likeness (QED) is 0.583. The summed E-state index contributed by atoms with van der Waals surface area (Å²) in [5.74, 6) is -0.912. The normalized spacial score (nSPS) is 9.10. The molecule has 2 rings (SSSR count). The summed E-state index contributed by atoms with van der Waals surface area (Å²) < 4.78 is 25.2. The molecule has 0 saturated heterocycles. The molecule has 0 amide bonds. The predicted octanol–water partition coefficient (Wildman–Crippen LogP) is 6.25. The molecule has 0 bridgehead atoms. The molecule has 0 atom stereocenters. The lowest BCUT2D eigenvalue weighted by Crippen LogP contribution is -1.91. The van der Waals surface area contributed by atoms with Gasteiger partial charge in [-0.3, -0.25) is 0 Å². The van der Waals surface area contributed by atoms with Gasteiger partial charge in [-0.05, 0) is 32.4 Å². The summed E-state index contributed by atoms with van der Waals surface area (Å²) in [5, 5.41) is 0. The van der Waals surface area contributed by atoms with Gasteiger partial charge >= 0.3 is 0 Å². The van der Waals surface area contributed by atoms with Gasteiger partial charge in [0.1, 0.15) is 11.6 Å². The number of rotatable bonds is 1. The zero-order valence-electron chi connectivity index (χ0n) is 13.7. The molecule has 0 aliphatic carbocycles. The van der Waals surface area contributed by atoms with Crippen molar-refractivity contribution in [3.05, 3.63) is 70.8 Å². The Hall–Kier alpha value is -1.70. The van der Waals surface area contributed by atoms with E-state index in [1.807, 2.05) is 0 Å². The highest BCUT2D eigenvalue weighted by atomic mass is 19.1. The summed E-state index contributed by atoms with van der Waals surface area (Å²) in [6.07, 6.45) is 1.65. The SMILES string of the molecule is CCC.CCc1c(F)cccc1F.Cc1ccc(C)cc1. The van der Waals surface area contributed by atoms with Crippen LogP contribution in [0.15, 0.2) is 42.5 Å². The van der Waals surface area contributed by atoms with Gasteiger partial charge in [0.05, 0.1) is 0 Å². The molecule has 0 nitrogen and oxygen atoms in total. The minimum atomic E-state index is -0.456. The lowest BCUT2D eigenvalue weighted by molar-refractivity contribution is 0.559. The van der Waals surface area contributed by atoms with Gasteiger partial charge in [0.25, 0.3) is 0 Å². The molecular weight excluding hydrogens is 266 g/mol. The predicted molar refractivity (Wildman–Crippen MR) is 87.6 cm³/mol. The molecule has 2 aromatic carbocycles. The molecule has 2 aromatic rings. The Morgan fingerprint density at radius 3 is 1.29 bits per heavy atom. The first-order chi connectivity index (χ1) is 9.96. The van der Waals surface area contributed by atoms with Crippen molar-refractivity contribution in [3.8, 4) is 0 Å². The van der Waals surface area contributed by atoms with Gasteiger partial charge in [-0.1, -0.05) is 68.7 Å². The smallest absolute Gasteiger partial charge is 0.129 e. The highest BCUT2D eigenvalue weighted by Gasteiger charge is 2.03. The molecule has 21 heavy (non-hydrogen) atoms. The molecule has 0 unspecified atom stereocenters. The molecule has 0 N–H and O–H groups in total. The van der Waals surface area contributed by atoms with Gasteiger partial charge in [-0.15, -0.1) is 0 Å². The average molecular weight is 292 g/mol. The summed E-state index contributed by atoms with van der Waals surface area (Å²) in [5.41, 5.74) is 2.83. The number of hydrogen-bond acceptors (Lipinski definition) is 0. The summed E-state index contributed by atoms with van der Waals surface area (Å²) in [6.45, 7) is 10.2. The molecule has 0 heterocycles. The Bertz CT molecular complexity index is 460. The van der Waals surface area contributed by atoms with E-state index >= 15 is 0 Å². The van der Waals surface area contributed by atoms with E-state index in [1.165, 1.54) is 35.7 Å². The molecule has 116 valence electrons. The van der Waals surface area contributed by atoms with Crippen LogP contribution < -0.4 is 0 Å². The molecule has 0 spiro atoms. The van der Waals surface area contributed by atoms with Gasteiger partial charge in [-0.25, -0.2) is 8.78 Å². The summed E-state index contributed by atoms with van der Waals surface area (Å²) in [6, 6.07) is 12.4. The fourth-order valence-electron chi connectivity index (χ4n) is 1.51. The van der Waals surface area contributed by atoms with E-state index in [4.69, 9.17) is 0 Å². The summed E-state index contributed by atoms with van der Waals surface area (Å²) in [7, 11) is 0. The van der Waals surface area contributed by atoms with E-state index in [9.17, 15) is 8.78 Å². The second kappa shape index (κ2) is 11.0. The van der Waals surface area contributed by atoms with Crippen molar-refractivity contribution in [2.45, 2.75) is 47.5 Å². The zero-order chi connectivity index (χ0) is 16.3. The standard InChI is InChI=1S/C8H8F2.C8H10.C3H8/c1-2-6-7(9)4-3-5-8(6)10;1-7-3-5-8(2)6-4-7;1-3-2/h3-5H,2H2,1H3;3-6H,1-2H3;3H2,1-2H3. The molecule has 0 aliphatic rings. The fourth-order valence-corrected chi connectivity index (χ4v) is 1.51. The van der Waals surface area contributed by atoms with E-state index in [-0.39, 0.29) is 5.56 Å². The van der Waals surface area contributed by atoms with Crippen molar-refractivity contribution in [2.75, 3.05) is 0 Å². The summed E-state index contributed by atoms with van der Waals surface area (Å²) >= 11 is 0. The average Bonchev–Trinajstić information content (AvgIpc) is 2.44. The number of benzene rings is 2. The van der Waals surface area contributed by atoms with Crippen molar-refractivity contribution in [3.63, 3.8) is 0 Å². The van der Waals surface area contributed by atoms with E-state index < -0.39 is 11.6 Å². The van der Waals surface area contributed by atoms with Crippen molar-refractivity contribution in [2.24, 2.45) is 0 Å². The van der Waals surface area contributed by atoms with Gasteiger partial charge in [0.15, 0.2) is 0 Å². The summed E-state index contributed by atoms with van der Waals surface area (Å²) in [4.78, 5) is 0. The van der Waals surface area contributed by atoms with Gasteiger partial charge in [0, 0.05) is 5.56 Å². The molecule has 0 saturated carbocycles. The maximum absolute atomic E-state index is 12.6. The Kier molecular flexibility index (Phi) is 10.1. The highest BCUT2D eigenvalue weighted by Crippen LogP contribution is 2.11. The van der Waals surface area contributed by atoms with E-state index in [1.54, 1.807) is 6.92 Å². The third-order valence-electron chi connectivity index (χ3n) is 2.63. The molecular formula is C19H26F2. The Balaban J connectivity index is 0.000000327. The first-order valence-electron chi connectivity index (χ1n) is 7.42. The second-order valence-corrected chi connectivity index (χ2v) is 4.92. The lowest BCUT2D eigenvalue weighted by Gasteiger charge is -1.98. The maximum atomic E-state index is 12.6. The Morgan fingerprint density at radius 1 is 0.714 bits per heavy atom. The fraction of sp³-hybridized carbons (Fsp3) is 0.368. The minimum Gasteiger partial charge on any atom is -0.207 e. The van der Waals surface area contributed by atoms with Crippen LogP contribution in [0.5, 0.6) is 0 Å². The lowest BCUT2D eigenvalue weighted by atomic mass is 10.1. The second-order valence-electron chi connectivity index (χ2n) is 4.92. The van der Waals surface area contributed by atoms with Gasteiger partial charge in [0.2, 0.25) is 0 Å². The number of aryl methyl sites for hydroxylation is 2. The first kappa shape index (κ1) is 19.3. The monoisotopic (exact) mass is 292 g/mol. The van der Waals surface area contributed by atoms with Crippen molar-refractivity contribution in [1.29, 1.82) is 0 Å². The Labute approximate surface area is 127 Å². The van der Waals surface area contributed by atoms with Crippen molar-refractivity contribution < 1.29 is 8.78 Å². The highest BCUT2D eigenvalue weighted by molar-refractivity contribution is 5.20. The van der Waals surface area contributed by atoms with Crippen LogP contribution in [0.3, 0.4) is 0 Å². The molecule has 0 aliphatic heterocycles. The topological polar surface area (TPSA) is 0 Å². The van der Waals surface area contributed by atoms with E-state index in [0.717, 1.165) is 0 Å². The number of hydrogen-bond donors (Lipinski definition) is 0. The third kappa shape index (κ3) is 8.23. The van der Waals surface area contributed by atoms with Crippen LogP contribution in [0.2, 0.25) is 0 Å². The zero-order valence-corrected chi connectivity index (χ0v) is 13.7.